The molecule has 0 unspecified atom stereocenters. The predicted molar refractivity (Wildman–Crippen MR) is 105 cm³/mol. The molecule has 0 aliphatic carbocycles. The smallest absolute Gasteiger partial charge is 0.223 e. The number of aromatic nitrogens is 2. The topological polar surface area (TPSA) is 92.1 Å². The molecule has 144 valence electrons. The van der Waals surface area contributed by atoms with E-state index in [1.54, 1.807) is 13.8 Å². The maximum Gasteiger partial charge on any atom is 0.223 e. The Morgan fingerprint density at radius 2 is 1.96 bits per heavy atom. The molecule has 1 aromatic carbocycles. The van der Waals surface area contributed by atoms with E-state index in [1.165, 1.54) is 0 Å². The van der Waals surface area contributed by atoms with Gasteiger partial charge >= 0.3 is 0 Å². The molecular weight excluding hydrogens is 364 g/mol. The van der Waals surface area contributed by atoms with Gasteiger partial charge in [0.05, 0.1) is 16.1 Å². The zero-order valence-corrected chi connectivity index (χ0v) is 16.4. The summed E-state index contributed by atoms with van der Waals surface area (Å²) in [6, 6.07) is 9.67. The zero-order valence-electron chi connectivity index (χ0n) is 15.7. The van der Waals surface area contributed by atoms with Crippen LogP contribution in [0, 0.1) is 5.41 Å². The molecule has 27 heavy (non-hydrogen) atoms. The lowest BCUT2D eigenvalue weighted by atomic mass is 9.87. The highest BCUT2D eigenvalue weighted by Gasteiger charge is 2.32. The Morgan fingerprint density at radius 3 is 2.59 bits per heavy atom. The van der Waals surface area contributed by atoms with E-state index < -0.39 is 11.3 Å². The fourth-order valence-corrected chi connectivity index (χ4v) is 3.60. The van der Waals surface area contributed by atoms with Gasteiger partial charge in [0.15, 0.2) is 0 Å². The van der Waals surface area contributed by atoms with Crippen LogP contribution < -0.4 is 5.73 Å². The molecule has 2 heterocycles. The van der Waals surface area contributed by atoms with Crippen molar-refractivity contribution >= 4 is 23.4 Å². The molecule has 1 saturated heterocycles. The Balaban J connectivity index is 1.61. The van der Waals surface area contributed by atoms with Crippen molar-refractivity contribution in [3.8, 4) is 11.3 Å². The highest BCUT2D eigenvalue weighted by Crippen LogP contribution is 2.32. The van der Waals surface area contributed by atoms with Crippen molar-refractivity contribution in [2.75, 3.05) is 13.1 Å². The van der Waals surface area contributed by atoms with E-state index in [0.29, 0.717) is 24.0 Å². The number of carbonyl (C=O) groups excluding carboxylic acids is 2. The van der Waals surface area contributed by atoms with Crippen molar-refractivity contribution in [2.24, 2.45) is 11.1 Å². The number of carbonyl (C=O) groups is 2. The van der Waals surface area contributed by atoms with Crippen LogP contribution in [0.25, 0.3) is 11.3 Å². The fourth-order valence-electron chi connectivity index (χ4n) is 3.37. The van der Waals surface area contributed by atoms with E-state index in [4.69, 9.17) is 17.3 Å². The zero-order chi connectivity index (χ0) is 19.6. The van der Waals surface area contributed by atoms with Crippen LogP contribution in [-0.2, 0) is 9.59 Å². The van der Waals surface area contributed by atoms with Crippen molar-refractivity contribution < 1.29 is 9.59 Å². The van der Waals surface area contributed by atoms with Gasteiger partial charge in [0.25, 0.3) is 0 Å². The Bertz CT molecular complexity index is 838. The first-order chi connectivity index (χ1) is 12.8. The minimum absolute atomic E-state index is 0.0152. The number of amides is 2. The molecule has 0 saturated carbocycles. The monoisotopic (exact) mass is 388 g/mol. The Labute approximate surface area is 164 Å². The van der Waals surface area contributed by atoms with Crippen molar-refractivity contribution in [3.05, 3.63) is 41.0 Å². The lowest BCUT2D eigenvalue weighted by Crippen LogP contribution is -2.42. The number of H-pyrrole nitrogens is 1. The van der Waals surface area contributed by atoms with Gasteiger partial charge < -0.3 is 10.6 Å². The van der Waals surface area contributed by atoms with Crippen LogP contribution >= 0.6 is 11.6 Å². The van der Waals surface area contributed by atoms with Crippen LogP contribution in [0.3, 0.4) is 0 Å². The number of primary amides is 1. The minimum atomic E-state index is -0.818. The minimum Gasteiger partial charge on any atom is -0.369 e. The lowest BCUT2D eigenvalue weighted by molar-refractivity contribution is -0.139. The van der Waals surface area contributed by atoms with Gasteiger partial charge in [-0.2, -0.15) is 5.10 Å². The van der Waals surface area contributed by atoms with Gasteiger partial charge in [0, 0.05) is 36.7 Å². The van der Waals surface area contributed by atoms with Crippen LogP contribution in [0.4, 0.5) is 0 Å². The van der Waals surface area contributed by atoms with Gasteiger partial charge in [-0.15, -0.1) is 0 Å². The van der Waals surface area contributed by atoms with Crippen LogP contribution in [0.5, 0.6) is 0 Å². The number of halogens is 1. The molecule has 1 aliphatic heterocycles. The number of aromatic amines is 1. The van der Waals surface area contributed by atoms with Crippen molar-refractivity contribution in [3.63, 3.8) is 0 Å². The molecule has 0 bridgehead atoms. The van der Waals surface area contributed by atoms with Crippen molar-refractivity contribution in [1.82, 2.24) is 15.1 Å². The number of likely N-dealkylation sites (tertiary alicyclic amines) is 1. The molecule has 1 fully saturated rings. The second kappa shape index (κ2) is 7.72. The summed E-state index contributed by atoms with van der Waals surface area (Å²) in [4.78, 5) is 25.7. The number of nitrogens with one attached hydrogen (secondary N) is 1. The fraction of sp³-hybridized carbons (Fsp3) is 0.450. The highest BCUT2D eigenvalue weighted by atomic mass is 35.5. The van der Waals surface area contributed by atoms with Crippen LogP contribution in [0.2, 0.25) is 5.02 Å². The number of hydrogen-bond acceptors (Lipinski definition) is 3. The summed E-state index contributed by atoms with van der Waals surface area (Å²) < 4.78 is 0. The lowest BCUT2D eigenvalue weighted by Gasteiger charge is -2.33. The molecule has 7 heteroatoms. The molecule has 0 atom stereocenters. The first kappa shape index (κ1) is 19.4. The molecule has 6 nitrogen and oxygen atoms in total. The number of nitrogens with two attached hydrogens (primary N) is 1. The van der Waals surface area contributed by atoms with E-state index in [9.17, 15) is 9.59 Å². The van der Waals surface area contributed by atoms with E-state index in [0.717, 1.165) is 29.8 Å². The van der Waals surface area contributed by atoms with Crippen LogP contribution in [-0.4, -0.2) is 40.0 Å². The summed E-state index contributed by atoms with van der Waals surface area (Å²) in [5.41, 5.74) is 7.36. The van der Waals surface area contributed by atoms with E-state index in [2.05, 4.69) is 10.2 Å². The van der Waals surface area contributed by atoms with Crippen molar-refractivity contribution in [2.45, 2.75) is 39.0 Å². The first-order valence-corrected chi connectivity index (χ1v) is 9.53. The summed E-state index contributed by atoms with van der Waals surface area (Å²) >= 11 is 6.25. The van der Waals surface area contributed by atoms with Crippen LogP contribution in [0.1, 0.15) is 44.7 Å². The largest absolute Gasteiger partial charge is 0.369 e. The van der Waals surface area contributed by atoms with Gasteiger partial charge in [0.2, 0.25) is 11.8 Å². The number of hydrogen-bond donors (Lipinski definition) is 2. The second-order valence-corrected chi connectivity index (χ2v) is 8.18. The standard InChI is InChI=1S/C20H25ClN4O2/c1-20(2,19(22)27)12-18(26)25-9-7-13(8-10-25)16-11-17(24-23-16)14-5-3-4-6-15(14)21/h3-6,11,13H,7-10,12H2,1-2H3,(H2,22,27)(H,23,24). The Kier molecular flexibility index (Phi) is 5.56. The van der Waals surface area contributed by atoms with Crippen LogP contribution in [0.15, 0.2) is 30.3 Å². The summed E-state index contributed by atoms with van der Waals surface area (Å²) in [6.07, 6.45) is 1.85. The molecule has 3 rings (SSSR count). The normalized spacial score (nSPS) is 15.7. The quantitative estimate of drug-likeness (QED) is 0.822. The summed E-state index contributed by atoms with van der Waals surface area (Å²) in [7, 11) is 0. The third-order valence-corrected chi connectivity index (χ3v) is 5.62. The highest BCUT2D eigenvalue weighted by molar-refractivity contribution is 6.33. The van der Waals surface area contributed by atoms with Gasteiger partial charge in [0.1, 0.15) is 0 Å². The Morgan fingerprint density at radius 1 is 1.30 bits per heavy atom. The van der Waals surface area contributed by atoms with Gasteiger partial charge in [-0.1, -0.05) is 43.6 Å². The van der Waals surface area contributed by atoms with E-state index >= 15 is 0 Å². The SMILES string of the molecule is CC(C)(CC(=O)N1CCC(c2cc(-c3ccccc3Cl)n[nH]2)CC1)C(N)=O. The molecule has 0 radical (unpaired) electrons. The first-order valence-electron chi connectivity index (χ1n) is 9.16. The third-order valence-electron chi connectivity index (χ3n) is 5.30. The van der Waals surface area contributed by atoms with E-state index in [1.807, 2.05) is 35.2 Å². The Hall–Kier alpha value is -2.34. The average Bonchev–Trinajstić information content (AvgIpc) is 3.11. The summed E-state index contributed by atoms with van der Waals surface area (Å²) in [6.45, 7) is 4.75. The molecular formula is C20H25ClN4O2. The van der Waals surface area contributed by atoms with Gasteiger partial charge in [-0.25, -0.2) is 0 Å². The maximum atomic E-state index is 12.5. The van der Waals surface area contributed by atoms with E-state index in [-0.39, 0.29) is 12.3 Å². The van der Waals surface area contributed by atoms with Crippen molar-refractivity contribution in [1.29, 1.82) is 0 Å². The maximum absolute atomic E-state index is 12.5. The molecule has 1 aliphatic rings. The molecule has 0 spiro atoms. The van der Waals surface area contributed by atoms with Gasteiger partial charge in [-0.3, -0.25) is 14.7 Å². The average molecular weight is 389 g/mol. The number of piperidine rings is 1. The number of nitrogens with zero attached hydrogens (tertiary/aromatic N) is 2. The summed E-state index contributed by atoms with van der Waals surface area (Å²) in [5, 5.41) is 8.20. The molecule has 3 N–H and O–H groups in total. The summed E-state index contributed by atoms with van der Waals surface area (Å²) in [5.74, 6) is -0.143. The number of rotatable bonds is 5. The second-order valence-electron chi connectivity index (χ2n) is 7.77. The molecule has 2 aromatic rings. The number of benzene rings is 1. The predicted octanol–water partition coefficient (Wildman–Crippen LogP) is 3.34. The molecule has 1 aromatic heterocycles. The third kappa shape index (κ3) is 4.33. The van der Waals surface area contributed by atoms with Gasteiger partial charge in [-0.05, 0) is 25.0 Å². The molecule has 2 amide bonds.